The molecule has 29 atom stereocenters. The van der Waals surface area contributed by atoms with Crippen LogP contribution in [0.15, 0.2) is 11.6 Å². The Bertz CT molecular complexity index is 1880. The summed E-state index contributed by atoms with van der Waals surface area (Å²) in [6, 6.07) is 0. The number of allylic oxidation sites excluding steroid dienone is 1. The molecule has 0 bridgehead atoms. The Balaban J connectivity index is 0.843. The van der Waals surface area contributed by atoms with E-state index in [2.05, 4.69) is 26.8 Å². The van der Waals surface area contributed by atoms with Gasteiger partial charge in [0.1, 0.15) is 78.8 Å². The van der Waals surface area contributed by atoms with Crippen molar-refractivity contribution in [3.63, 3.8) is 0 Å². The highest BCUT2D eigenvalue weighted by Crippen LogP contribution is 2.70. The minimum atomic E-state index is -2.04. The summed E-state index contributed by atoms with van der Waals surface area (Å²) in [6.07, 6.45) is -16.3. The molecule has 414 valence electrons. The first-order valence-electron chi connectivity index (χ1n) is 26.3. The Morgan fingerprint density at radius 3 is 2.10 bits per heavy atom. The van der Waals surface area contributed by atoms with E-state index in [1.165, 1.54) is 12.5 Å². The topological polar surface area (TPSA) is 346 Å². The number of aliphatic hydroxyl groups is 13. The average molecular weight is 1040 g/mol. The summed E-state index contributed by atoms with van der Waals surface area (Å²) in [4.78, 5) is 0. The SMILES string of the molecule is CC1C2C(CC3C4CC=C5C[C@@H](O[C@@H]6O[C@H](CO)[C@@H](O[C@@H]7OC[C@](O)(CO)[C@H]7O)[C@H](O)[C@H]6O[C@@H]6O[C@@H](C)[C@H](O)[C@@H](O)[C@H]6O)CC[C@]5(C)C4CC[C@@]32C)OC1(O)CC[C@@H](C)CO[C@@H]1O[C@H](CO)[C@@H](O)[C@H](O)[C@H]1O. The normalized spacial score (nSPS) is 54.9. The van der Waals surface area contributed by atoms with Gasteiger partial charge in [0, 0.05) is 12.3 Å². The van der Waals surface area contributed by atoms with Crippen LogP contribution in [0.4, 0.5) is 0 Å². The molecule has 3 saturated carbocycles. The Morgan fingerprint density at radius 2 is 1.40 bits per heavy atom. The molecule has 4 aliphatic carbocycles. The van der Waals surface area contributed by atoms with Crippen molar-refractivity contribution in [2.75, 3.05) is 33.0 Å². The third-order valence-electron chi connectivity index (χ3n) is 19.2. The Hall–Kier alpha value is -1.14. The zero-order valence-corrected chi connectivity index (χ0v) is 41.9. The summed E-state index contributed by atoms with van der Waals surface area (Å²) in [5.74, 6) is -0.224. The number of hydrogen-bond acceptors (Lipinski definition) is 22. The van der Waals surface area contributed by atoms with Crippen LogP contribution in [0.2, 0.25) is 0 Å². The van der Waals surface area contributed by atoms with E-state index in [0.29, 0.717) is 43.4 Å². The van der Waals surface area contributed by atoms with Crippen LogP contribution in [0, 0.1) is 46.3 Å². The lowest BCUT2D eigenvalue weighted by molar-refractivity contribution is -0.379. The van der Waals surface area contributed by atoms with Crippen molar-refractivity contribution < 1.29 is 109 Å². The summed E-state index contributed by atoms with van der Waals surface area (Å²) in [6.45, 7) is 7.88. The maximum Gasteiger partial charge on any atom is 0.187 e. The predicted octanol–water partition coefficient (Wildman–Crippen LogP) is -2.37. The minimum absolute atomic E-state index is 0.0574. The minimum Gasteiger partial charge on any atom is -0.394 e. The van der Waals surface area contributed by atoms with Gasteiger partial charge in [-0.25, -0.2) is 0 Å². The van der Waals surface area contributed by atoms with E-state index in [-0.39, 0.29) is 41.3 Å². The Morgan fingerprint density at radius 1 is 0.722 bits per heavy atom. The third kappa shape index (κ3) is 9.69. The second-order valence-electron chi connectivity index (χ2n) is 23.5. The zero-order chi connectivity index (χ0) is 52.0. The molecule has 22 heteroatoms. The second kappa shape index (κ2) is 21.2. The zero-order valence-electron chi connectivity index (χ0n) is 41.9. The molecular formula is C50H82O22. The molecule has 5 saturated heterocycles. The fraction of sp³-hybridized carbons (Fsp3) is 0.960. The molecule has 5 aliphatic heterocycles. The molecule has 72 heavy (non-hydrogen) atoms. The molecule has 0 amide bonds. The van der Waals surface area contributed by atoms with Gasteiger partial charge in [-0.1, -0.05) is 39.3 Å². The predicted molar refractivity (Wildman–Crippen MR) is 244 cm³/mol. The van der Waals surface area contributed by atoms with Crippen molar-refractivity contribution in [1.29, 1.82) is 0 Å². The number of rotatable bonds is 15. The van der Waals surface area contributed by atoms with Crippen molar-refractivity contribution in [3.05, 3.63) is 11.6 Å². The van der Waals surface area contributed by atoms with E-state index in [0.717, 1.165) is 32.1 Å². The molecule has 5 heterocycles. The van der Waals surface area contributed by atoms with Gasteiger partial charge in [-0.2, -0.15) is 0 Å². The molecule has 0 aromatic heterocycles. The van der Waals surface area contributed by atoms with E-state index >= 15 is 0 Å². The fourth-order valence-corrected chi connectivity index (χ4v) is 14.7. The number of aliphatic hydroxyl groups excluding tert-OH is 11. The first kappa shape index (κ1) is 55.6. The molecule has 7 unspecified atom stereocenters. The van der Waals surface area contributed by atoms with Crippen LogP contribution in [0.25, 0.3) is 0 Å². The maximum absolute atomic E-state index is 12.1. The molecular weight excluding hydrogens is 953 g/mol. The van der Waals surface area contributed by atoms with Crippen LogP contribution in [0.5, 0.6) is 0 Å². The van der Waals surface area contributed by atoms with Crippen LogP contribution in [-0.4, -0.2) is 228 Å². The highest BCUT2D eigenvalue weighted by molar-refractivity contribution is 5.26. The van der Waals surface area contributed by atoms with Gasteiger partial charge in [0.2, 0.25) is 0 Å². The van der Waals surface area contributed by atoms with Crippen molar-refractivity contribution >= 4 is 0 Å². The quantitative estimate of drug-likeness (QED) is 0.0763. The van der Waals surface area contributed by atoms with Crippen LogP contribution in [0.3, 0.4) is 0 Å². The third-order valence-corrected chi connectivity index (χ3v) is 19.2. The molecule has 9 rings (SSSR count). The second-order valence-corrected chi connectivity index (χ2v) is 23.5. The first-order valence-corrected chi connectivity index (χ1v) is 26.3. The van der Waals surface area contributed by atoms with Gasteiger partial charge in [-0.05, 0) is 98.7 Å². The molecule has 0 aromatic carbocycles. The summed E-state index contributed by atoms with van der Waals surface area (Å²) >= 11 is 0. The Labute approximate surface area is 419 Å². The van der Waals surface area contributed by atoms with E-state index in [9.17, 15) is 66.4 Å². The molecule has 22 nitrogen and oxygen atoms in total. The Kier molecular flexibility index (Phi) is 16.4. The van der Waals surface area contributed by atoms with Crippen molar-refractivity contribution in [2.45, 2.75) is 221 Å². The summed E-state index contributed by atoms with van der Waals surface area (Å²) in [5, 5.41) is 138. The van der Waals surface area contributed by atoms with Gasteiger partial charge < -0.3 is 109 Å². The smallest absolute Gasteiger partial charge is 0.187 e. The molecule has 0 spiro atoms. The number of hydrogen-bond donors (Lipinski definition) is 13. The van der Waals surface area contributed by atoms with Gasteiger partial charge in [0.25, 0.3) is 0 Å². The molecule has 0 radical (unpaired) electrons. The van der Waals surface area contributed by atoms with E-state index in [1.54, 1.807) is 0 Å². The van der Waals surface area contributed by atoms with Crippen LogP contribution >= 0.6 is 0 Å². The molecule has 9 aliphatic rings. The average Bonchev–Trinajstić information content (AvgIpc) is 3.92. The van der Waals surface area contributed by atoms with Crippen molar-refractivity contribution in [3.8, 4) is 0 Å². The lowest BCUT2D eigenvalue weighted by Crippen LogP contribution is -2.65. The van der Waals surface area contributed by atoms with Crippen LogP contribution < -0.4 is 0 Å². The standard InChI is InChI=1S/C50H82O22/c1-21(18-64-43-37(58)36(57)34(55)30(16-51)68-43)8-13-50(63)22(2)32-29(72-50)15-28-26-7-6-24-14-25(9-11-47(24,4)27(26)10-12-48(28,32)5)67-45-41(71-44-38(59)35(56)33(54)23(3)66-44)39(60)40(31(17-52)69-45)70-46-42(61)49(62,19-53)20-65-46/h6,21-23,25-46,51-63H,7-20H2,1-5H3/t21-,22?,23+,25+,26?,27?,28?,29?,30-,31-,32?,33+,34-,35-,36+,37-,38-,39+,40-,41-,42+,43-,44+,45-,46+,47+,48+,49-,50?/m1/s1. The monoisotopic (exact) mass is 1030 g/mol. The van der Waals surface area contributed by atoms with Gasteiger partial charge in [0.15, 0.2) is 30.9 Å². The van der Waals surface area contributed by atoms with E-state index in [1.807, 2.05) is 6.92 Å². The van der Waals surface area contributed by atoms with E-state index < -0.39 is 148 Å². The molecule has 0 aromatic rings. The summed E-state index contributed by atoms with van der Waals surface area (Å²) in [7, 11) is 0. The van der Waals surface area contributed by atoms with Gasteiger partial charge in [-0.15, -0.1) is 0 Å². The largest absolute Gasteiger partial charge is 0.394 e. The van der Waals surface area contributed by atoms with Gasteiger partial charge in [-0.3, -0.25) is 0 Å². The van der Waals surface area contributed by atoms with Gasteiger partial charge >= 0.3 is 0 Å². The maximum atomic E-state index is 12.1. The lowest BCUT2D eigenvalue weighted by atomic mass is 9.47. The van der Waals surface area contributed by atoms with Crippen molar-refractivity contribution in [1.82, 2.24) is 0 Å². The fourth-order valence-electron chi connectivity index (χ4n) is 14.7. The highest BCUT2D eigenvalue weighted by atomic mass is 16.8. The lowest BCUT2D eigenvalue weighted by Gasteiger charge is -2.58. The van der Waals surface area contributed by atoms with Crippen LogP contribution in [0.1, 0.15) is 92.4 Å². The first-order chi connectivity index (χ1) is 34.0. The molecule has 8 fully saturated rings. The van der Waals surface area contributed by atoms with Crippen molar-refractivity contribution in [2.24, 2.45) is 46.3 Å². The number of fused-ring (bicyclic) bond motifs is 7. The van der Waals surface area contributed by atoms with Gasteiger partial charge in [0.05, 0.1) is 51.3 Å². The van der Waals surface area contributed by atoms with E-state index in [4.69, 9.17) is 42.6 Å². The molecule has 13 N–H and O–H groups in total. The highest BCUT2D eigenvalue weighted by Gasteiger charge is 2.68. The summed E-state index contributed by atoms with van der Waals surface area (Å²) < 4.78 is 54.2. The number of ether oxygens (including phenoxy) is 9. The summed E-state index contributed by atoms with van der Waals surface area (Å²) in [5.41, 5.74) is -0.973. The van der Waals surface area contributed by atoms with Crippen LogP contribution in [-0.2, 0) is 42.6 Å².